The molecule has 0 N–H and O–H groups in total. The second kappa shape index (κ2) is 8.54. The fraction of sp³-hybridized carbons (Fsp3) is 0.238. The summed E-state index contributed by atoms with van der Waals surface area (Å²) in [6.07, 6.45) is 9.58. The van der Waals surface area contributed by atoms with Crippen LogP contribution in [0.25, 0.3) is 11.1 Å². The molecule has 24 heavy (non-hydrogen) atoms. The van der Waals surface area contributed by atoms with E-state index in [2.05, 4.69) is 61.5 Å². The van der Waals surface area contributed by atoms with Gasteiger partial charge in [-0.3, -0.25) is 0 Å². The van der Waals surface area contributed by atoms with Gasteiger partial charge < -0.3 is 24.8 Å². The first-order valence-corrected chi connectivity index (χ1v) is 9.78. The first-order chi connectivity index (χ1) is 10.9. The fourth-order valence-corrected chi connectivity index (χ4v) is 5.91. The number of halogens is 2. The van der Waals surface area contributed by atoms with Crippen molar-refractivity contribution in [3.63, 3.8) is 0 Å². The smallest absolute Gasteiger partial charge is 1.00 e. The maximum atomic E-state index is 2.39. The zero-order valence-electron chi connectivity index (χ0n) is 13.8. The molecule has 0 heterocycles. The maximum Gasteiger partial charge on any atom is -1.00 e. The van der Waals surface area contributed by atoms with Crippen molar-refractivity contribution < 1.29 is 44.0 Å². The molecule has 0 aliphatic heterocycles. The molecule has 0 radical (unpaired) electrons. The number of fused-ring (bicyclic) bond motifs is 3. The third-order valence-electron chi connectivity index (χ3n) is 4.68. The molecule has 0 saturated carbocycles. The van der Waals surface area contributed by atoms with Gasteiger partial charge >= 0.3 is 142 Å². The molecule has 0 unspecified atom stereocenters. The van der Waals surface area contributed by atoms with Crippen LogP contribution in [-0.4, -0.2) is 0 Å². The molecule has 0 amide bonds. The molecule has 122 valence electrons. The number of allylic oxidation sites excluding steroid dienone is 4. The van der Waals surface area contributed by atoms with Crippen LogP contribution in [0.5, 0.6) is 0 Å². The predicted octanol–water partition coefficient (Wildman–Crippen LogP) is -1.01. The SMILES string of the molecule is CCCC1=[C]([Ti+2][c]2cccc3c2Cc2ccccc2-3)CC=C1.[Cl-].[Cl-]. The van der Waals surface area contributed by atoms with Crippen molar-refractivity contribution in [2.24, 2.45) is 0 Å². The van der Waals surface area contributed by atoms with Crippen molar-refractivity contribution in [2.75, 3.05) is 0 Å². The average Bonchev–Trinajstić information content (AvgIpc) is 3.13. The molecule has 0 saturated heterocycles. The summed E-state index contributed by atoms with van der Waals surface area (Å²) < 4.78 is 3.41. The Morgan fingerprint density at radius 1 is 0.958 bits per heavy atom. The quantitative estimate of drug-likeness (QED) is 0.501. The molecule has 4 rings (SSSR count). The van der Waals surface area contributed by atoms with Crippen molar-refractivity contribution in [3.8, 4) is 11.1 Å². The van der Waals surface area contributed by atoms with Crippen LogP contribution in [0, 0.1) is 0 Å². The molecule has 2 aliphatic carbocycles. The van der Waals surface area contributed by atoms with Crippen LogP contribution in [0.1, 0.15) is 37.3 Å². The van der Waals surface area contributed by atoms with E-state index in [-0.39, 0.29) is 44.0 Å². The Balaban J connectivity index is 0.00000104. The molecule has 0 fully saturated rings. The van der Waals surface area contributed by atoms with E-state index in [4.69, 9.17) is 0 Å². The van der Waals surface area contributed by atoms with Gasteiger partial charge in [-0.05, 0) is 0 Å². The Morgan fingerprint density at radius 2 is 1.75 bits per heavy atom. The van der Waals surface area contributed by atoms with Crippen LogP contribution in [0.4, 0.5) is 0 Å². The van der Waals surface area contributed by atoms with Crippen LogP contribution < -0.4 is 28.7 Å². The standard InChI is InChI=1S/C13H9.C8H11.2ClH.Ti/c1-3-7-12-10(5-1)9-11-6-2-4-8-13(11)12;1-2-5-8-6-3-4-7-8;;;/h1-5,7-8H,9H2;3,6H,2,4-5H2,1H3;2*1H;/q;;;;+2/p-2. The van der Waals surface area contributed by atoms with E-state index >= 15 is 0 Å². The molecule has 0 nitrogen and oxygen atoms in total. The van der Waals surface area contributed by atoms with Crippen LogP contribution in [-0.2, 0) is 25.6 Å². The number of benzene rings is 2. The minimum Gasteiger partial charge on any atom is -1.00 e. The number of rotatable bonds is 4. The Bertz CT molecular complexity index is 790. The molecule has 2 aliphatic rings. The fourth-order valence-electron chi connectivity index (χ4n) is 3.62. The summed E-state index contributed by atoms with van der Waals surface area (Å²) in [5, 5.41) is 0. The van der Waals surface area contributed by atoms with Crippen LogP contribution in [0.3, 0.4) is 0 Å². The number of hydrogen-bond donors (Lipinski definition) is 0. The monoisotopic (exact) mass is 390 g/mol. The molecular formula is C21H20Cl2Ti. The van der Waals surface area contributed by atoms with E-state index < -0.39 is 0 Å². The van der Waals surface area contributed by atoms with Crippen molar-refractivity contribution in [3.05, 3.63) is 75.2 Å². The summed E-state index contributed by atoms with van der Waals surface area (Å²) in [6, 6.07) is 15.9. The summed E-state index contributed by atoms with van der Waals surface area (Å²) in [5.41, 5.74) is 7.69. The minimum atomic E-state index is -0.177. The van der Waals surface area contributed by atoms with E-state index in [0.29, 0.717) is 0 Å². The summed E-state index contributed by atoms with van der Waals surface area (Å²) in [6.45, 7) is 2.29. The van der Waals surface area contributed by atoms with Crippen molar-refractivity contribution in [1.82, 2.24) is 0 Å². The molecule has 2 aromatic rings. The topological polar surface area (TPSA) is 0 Å². The van der Waals surface area contributed by atoms with E-state index in [1.54, 1.807) is 18.9 Å². The summed E-state index contributed by atoms with van der Waals surface area (Å²) in [5.74, 6) is 0. The van der Waals surface area contributed by atoms with Gasteiger partial charge in [0, 0.05) is 0 Å². The van der Waals surface area contributed by atoms with Crippen molar-refractivity contribution in [1.29, 1.82) is 0 Å². The van der Waals surface area contributed by atoms with Crippen LogP contribution >= 0.6 is 0 Å². The van der Waals surface area contributed by atoms with Gasteiger partial charge in [-0.25, -0.2) is 0 Å². The Morgan fingerprint density at radius 3 is 2.58 bits per heavy atom. The Kier molecular flexibility index (Phi) is 6.95. The molecule has 0 atom stereocenters. The van der Waals surface area contributed by atoms with E-state index in [9.17, 15) is 0 Å². The molecule has 3 heteroatoms. The summed E-state index contributed by atoms with van der Waals surface area (Å²) >= 11 is -0.177. The van der Waals surface area contributed by atoms with Crippen molar-refractivity contribution in [2.45, 2.75) is 32.6 Å². The van der Waals surface area contributed by atoms with E-state index in [1.165, 1.54) is 36.0 Å². The third-order valence-corrected chi connectivity index (χ3v) is 7.13. The largest absolute Gasteiger partial charge is 1.00 e. The summed E-state index contributed by atoms with van der Waals surface area (Å²) in [7, 11) is 0. The molecule has 0 spiro atoms. The van der Waals surface area contributed by atoms with Crippen LogP contribution in [0.2, 0.25) is 0 Å². The molecule has 0 aromatic heterocycles. The van der Waals surface area contributed by atoms with Gasteiger partial charge in [-0.2, -0.15) is 0 Å². The first-order valence-electron chi connectivity index (χ1n) is 8.22. The normalized spacial score (nSPS) is 13.7. The zero-order valence-corrected chi connectivity index (χ0v) is 16.9. The summed E-state index contributed by atoms with van der Waals surface area (Å²) in [4.78, 5) is 0. The first kappa shape index (κ1) is 19.5. The van der Waals surface area contributed by atoms with Gasteiger partial charge in [0.1, 0.15) is 0 Å². The van der Waals surface area contributed by atoms with Gasteiger partial charge in [-0.15, -0.1) is 0 Å². The van der Waals surface area contributed by atoms with Gasteiger partial charge in [-0.1, -0.05) is 0 Å². The van der Waals surface area contributed by atoms with Gasteiger partial charge in [0.15, 0.2) is 0 Å². The Hall–Kier alpha value is -0.786. The molecular weight excluding hydrogens is 371 g/mol. The van der Waals surface area contributed by atoms with E-state index in [0.717, 1.165) is 6.42 Å². The van der Waals surface area contributed by atoms with Gasteiger partial charge in [0.25, 0.3) is 0 Å². The number of hydrogen-bond acceptors (Lipinski definition) is 0. The predicted molar refractivity (Wildman–Crippen MR) is 90.0 cm³/mol. The van der Waals surface area contributed by atoms with Gasteiger partial charge in [0.2, 0.25) is 0 Å². The second-order valence-corrected chi connectivity index (χ2v) is 8.32. The van der Waals surface area contributed by atoms with E-state index in [1.807, 2.05) is 0 Å². The van der Waals surface area contributed by atoms with Crippen molar-refractivity contribution >= 4 is 3.87 Å². The Labute approximate surface area is 166 Å². The second-order valence-electron chi connectivity index (χ2n) is 6.15. The zero-order chi connectivity index (χ0) is 14.9. The minimum absolute atomic E-state index is 0. The van der Waals surface area contributed by atoms with Crippen LogP contribution in [0.15, 0.2) is 64.1 Å². The molecule has 0 bridgehead atoms. The average molecular weight is 391 g/mol. The molecule has 2 aromatic carbocycles. The maximum absolute atomic E-state index is 2.39. The third kappa shape index (κ3) is 3.58. The van der Waals surface area contributed by atoms with Gasteiger partial charge in [0.05, 0.1) is 0 Å².